The molecule has 0 spiro atoms. The van der Waals surface area contributed by atoms with E-state index in [-0.39, 0.29) is 0 Å². The van der Waals surface area contributed by atoms with Gasteiger partial charge in [-0.2, -0.15) is 0 Å². The van der Waals surface area contributed by atoms with Crippen molar-refractivity contribution in [1.82, 2.24) is 4.98 Å². The zero-order valence-electron chi connectivity index (χ0n) is 7.62. The fourth-order valence-electron chi connectivity index (χ4n) is 1.35. The van der Waals surface area contributed by atoms with E-state index in [1.165, 1.54) is 0 Å². The Kier molecular flexibility index (Phi) is 2.29. The molecule has 0 aliphatic rings. The van der Waals surface area contributed by atoms with Crippen LogP contribution >= 0.6 is 15.9 Å². The number of nitrogens with zero attached hydrogens (tertiary/aromatic N) is 1. The number of benzene rings is 1. The summed E-state index contributed by atoms with van der Waals surface area (Å²) in [6.45, 7) is 0. The number of pyridine rings is 1. The SMILES string of the molecule is COc1ccc(Br)c2nc(N)ccc12. The Morgan fingerprint density at radius 3 is 2.79 bits per heavy atom. The Hall–Kier alpha value is -1.29. The molecule has 0 saturated heterocycles. The van der Waals surface area contributed by atoms with Crippen molar-refractivity contribution in [1.29, 1.82) is 0 Å². The summed E-state index contributed by atoms with van der Waals surface area (Å²) in [4.78, 5) is 4.23. The number of rotatable bonds is 1. The second-order valence-corrected chi connectivity index (χ2v) is 3.74. The molecule has 0 fully saturated rings. The summed E-state index contributed by atoms with van der Waals surface area (Å²) < 4.78 is 6.14. The van der Waals surface area contributed by atoms with Gasteiger partial charge in [0.2, 0.25) is 0 Å². The van der Waals surface area contributed by atoms with Crippen LogP contribution in [0, 0.1) is 0 Å². The first-order chi connectivity index (χ1) is 6.72. The second kappa shape index (κ2) is 3.46. The molecule has 0 amide bonds. The number of methoxy groups -OCH3 is 1. The highest BCUT2D eigenvalue weighted by atomic mass is 79.9. The van der Waals surface area contributed by atoms with E-state index in [1.807, 2.05) is 18.2 Å². The van der Waals surface area contributed by atoms with Crippen molar-refractivity contribution in [3.63, 3.8) is 0 Å². The maximum absolute atomic E-state index is 5.61. The maximum Gasteiger partial charge on any atom is 0.128 e. The van der Waals surface area contributed by atoms with Crippen molar-refractivity contribution < 1.29 is 4.74 Å². The fourth-order valence-corrected chi connectivity index (χ4v) is 1.79. The quantitative estimate of drug-likeness (QED) is 0.849. The molecule has 1 heterocycles. The Balaban J connectivity index is 2.84. The largest absolute Gasteiger partial charge is 0.496 e. The van der Waals surface area contributed by atoms with Crippen molar-refractivity contribution >= 4 is 32.7 Å². The van der Waals surface area contributed by atoms with Gasteiger partial charge in [-0.3, -0.25) is 0 Å². The zero-order valence-corrected chi connectivity index (χ0v) is 9.21. The molecule has 0 saturated carbocycles. The van der Waals surface area contributed by atoms with E-state index < -0.39 is 0 Å². The predicted octanol–water partition coefficient (Wildman–Crippen LogP) is 2.59. The molecule has 1 aromatic heterocycles. The first kappa shape index (κ1) is 9.27. The van der Waals surface area contributed by atoms with E-state index in [0.717, 1.165) is 21.1 Å². The number of nitrogen functional groups attached to an aromatic ring is 1. The van der Waals surface area contributed by atoms with Gasteiger partial charge in [-0.1, -0.05) is 0 Å². The molecule has 2 rings (SSSR count). The summed E-state index contributed by atoms with van der Waals surface area (Å²) in [5.41, 5.74) is 6.44. The van der Waals surface area contributed by atoms with Gasteiger partial charge in [0.05, 0.1) is 12.6 Å². The monoisotopic (exact) mass is 252 g/mol. The van der Waals surface area contributed by atoms with Crippen LogP contribution in [-0.2, 0) is 0 Å². The summed E-state index contributed by atoms with van der Waals surface area (Å²) in [6.07, 6.45) is 0. The minimum absolute atomic E-state index is 0.506. The number of ether oxygens (including phenoxy) is 1. The minimum Gasteiger partial charge on any atom is -0.496 e. The van der Waals surface area contributed by atoms with Crippen LogP contribution < -0.4 is 10.5 Å². The van der Waals surface area contributed by atoms with E-state index >= 15 is 0 Å². The topological polar surface area (TPSA) is 48.1 Å². The molecular weight excluding hydrogens is 244 g/mol. The van der Waals surface area contributed by atoms with E-state index in [0.29, 0.717) is 5.82 Å². The van der Waals surface area contributed by atoms with Crippen molar-refractivity contribution in [2.45, 2.75) is 0 Å². The smallest absolute Gasteiger partial charge is 0.128 e. The lowest BCUT2D eigenvalue weighted by molar-refractivity contribution is 0.419. The van der Waals surface area contributed by atoms with Crippen LogP contribution in [0.1, 0.15) is 0 Å². The maximum atomic E-state index is 5.61. The van der Waals surface area contributed by atoms with Crippen molar-refractivity contribution in [2.24, 2.45) is 0 Å². The highest BCUT2D eigenvalue weighted by Gasteiger charge is 2.05. The highest BCUT2D eigenvalue weighted by molar-refractivity contribution is 9.10. The average Bonchev–Trinajstić information content (AvgIpc) is 2.19. The average molecular weight is 253 g/mol. The Labute approximate surface area is 90.0 Å². The zero-order chi connectivity index (χ0) is 10.1. The lowest BCUT2D eigenvalue weighted by Crippen LogP contribution is -1.92. The number of aromatic nitrogens is 1. The molecule has 0 aliphatic heterocycles. The van der Waals surface area contributed by atoms with E-state index in [9.17, 15) is 0 Å². The standard InChI is InChI=1S/C10H9BrN2O/c1-14-8-4-3-7(11)10-6(8)2-5-9(12)13-10/h2-5H,1H3,(H2,12,13). The van der Waals surface area contributed by atoms with E-state index in [1.54, 1.807) is 13.2 Å². The molecular formula is C10H9BrN2O. The number of hydrogen-bond acceptors (Lipinski definition) is 3. The van der Waals surface area contributed by atoms with Gasteiger partial charge >= 0.3 is 0 Å². The number of nitrogens with two attached hydrogens (primary N) is 1. The number of fused-ring (bicyclic) bond motifs is 1. The minimum atomic E-state index is 0.506. The normalized spacial score (nSPS) is 10.4. The number of hydrogen-bond donors (Lipinski definition) is 1. The third-order valence-electron chi connectivity index (χ3n) is 2.01. The second-order valence-electron chi connectivity index (χ2n) is 2.88. The molecule has 2 N–H and O–H groups in total. The van der Waals surface area contributed by atoms with Gasteiger partial charge in [-0.25, -0.2) is 4.98 Å². The van der Waals surface area contributed by atoms with Gasteiger partial charge in [0, 0.05) is 9.86 Å². The molecule has 0 bridgehead atoms. The Bertz CT molecular complexity index is 485. The van der Waals surface area contributed by atoms with Crippen LogP contribution in [0.4, 0.5) is 5.82 Å². The lowest BCUT2D eigenvalue weighted by atomic mass is 10.2. The van der Waals surface area contributed by atoms with Crippen LogP contribution in [0.5, 0.6) is 5.75 Å². The van der Waals surface area contributed by atoms with Gasteiger partial charge < -0.3 is 10.5 Å². The summed E-state index contributed by atoms with van der Waals surface area (Å²) in [5.74, 6) is 1.31. The first-order valence-electron chi connectivity index (χ1n) is 4.11. The number of halogens is 1. The number of anilines is 1. The molecule has 1 aromatic carbocycles. The van der Waals surface area contributed by atoms with Crippen molar-refractivity contribution in [2.75, 3.05) is 12.8 Å². The summed E-state index contributed by atoms with van der Waals surface area (Å²) in [7, 11) is 1.64. The first-order valence-corrected chi connectivity index (χ1v) is 4.90. The van der Waals surface area contributed by atoms with E-state index in [2.05, 4.69) is 20.9 Å². The van der Waals surface area contributed by atoms with Crippen LogP contribution in [-0.4, -0.2) is 12.1 Å². The predicted molar refractivity (Wildman–Crippen MR) is 60.4 cm³/mol. The van der Waals surface area contributed by atoms with Crippen molar-refractivity contribution in [3.8, 4) is 5.75 Å². The van der Waals surface area contributed by atoms with Crippen molar-refractivity contribution in [3.05, 3.63) is 28.7 Å². The third-order valence-corrected chi connectivity index (χ3v) is 2.65. The summed E-state index contributed by atoms with van der Waals surface area (Å²) in [5, 5.41) is 0.955. The molecule has 14 heavy (non-hydrogen) atoms. The summed E-state index contributed by atoms with van der Waals surface area (Å²) in [6, 6.07) is 7.45. The third kappa shape index (κ3) is 1.42. The van der Waals surface area contributed by atoms with Gasteiger partial charge in [0.25, 0.3) is 0 Å². The molecule has 3 nitrogen and oxygen atoms in total. The van der Waals surface area contributed by atoms with Gasteiger partial charge in [0.15, 0.2) is 0 Å². The van der Waals surface area contributed by atoms with E-state index in [4.69, 9.17) is 10.5 Å². The highest BCUT2D eigenvalue weighted by Crippen LogP contribution is 2.30. The lowest BCUT2D eigenvalue weighted by Gasteiger charge is -2.06. The van der Waals surface area contributed by atoms with Crippen LogP contribution in [0.3, 0.4) is 0 Å². The van der Waals surface area contributed by atoms with Crippen LogP contribution in [0.2, 0.25) is 0 Å². The summed E-state index contributed by atoms with van der Waals surface area (Å²) >= 11 is 3.42. The Morgan fingerprint density at radius 2 is 2.07 bits per heavy atom. The van der Waals surface area contributed by atoms with Crippen LogP contribution in [0.15, 0.2) is 28.7 Å². The molecule has 0 unspecified atom stereocenters. The fraction of sp³-hybridized carbons (Fsp3) is 0.100. The molecule has 0 aliphatic carbocycles. The molecule has 4 heteroatoms. The molecule has 72 valence electrons. The van der Waals surface area contributed by atoms with Gasteiger partial charge in [0.1, 0.15) is 11.6 Å². The molecule has 2 aromatic rings. The van der Waals surface area contributed by atoms with Crippen LogP contribution in [0.25, 0.3) is 10.9 Å². The molecule has 0 atom stereocenters. The van der Waals surface area contributed by atoms with Gasteiger partial charge in [-0.05, 0) is 40.2 Å². The molecule has 0 radical (unpaired) electrons. The Morgan fingerprint density at radius 1 is 1.29 bits per heavy atom. The van der Waals surface area contributed by atoms with Gasteiger partial charge in [-0.15, -0.1) is 0 Å².